The number of benzene rings is 2. The molecule has 0 radical (unpaired) electrons. The van der Waals surface area contributed by atoms with Crippen molar-refractivity contribution in [3.05, 3.63) is 58.6 Å². The van der Waals surface area contributed by atoms with Gasteiger partial charge in [0.1, 0.15) is 5.75 Å². The summed E-state index contributed by atoms with van der Waals surface area (Å²) >= 11 is 5.85. The third-order valence-corrected chi connectivity index (χ3v) is 3.21. The quantitative estimate of drug-likeness (QED) is 0.824. The summed E-state index contributed by atoms with van der Waals surface area (Å²) in [6.07, 6.45) is 0. The molecule has 0 spiro atoms. The van der Waals surface area contributed by atoms with Crippen LogP contribution >= 0.6 is 11.6 Å². The third kappa shape index (κ3) is 4.13. The van der Waals surface area contributed by atoms with Gasteiger partial charge in [-0.15, -0.1) is 0 Å². The number of hydrogen-bond acceptors (Lipinski definition) is 4. The molecule has 5 heteroatoms. The molecule has 0 bridgehead atoms. The van der Waals surface area contributed by atoms with Gasteiger partial charge in [0.25, 0.3) is 0 Å². The molecule has 0 aliphatic rings. The fourth-order valence-electron chi connectivity index (χ4n) is 1.80. The van der Waals surface area contributed by atoms with E-state index in [0.29, 0.717) is 23.7 Å². The van der Waals surface area contributed by atoms with Crippen molar-refractivity contribution < 1.29 is 14.6 Å². The third-order valence-electron chi connectivity index (χ3n) is 2.90. The first-order chi connectivity index (χ1) is 10.1. The van der Waals surface area contributed by atoms with E-state index in [2.05, 4.69) is 5.32 Å². The van der Waals surface area contributed by atoms with Crippen LogP contribution < -0.4 is 5.32 Å². The average Bonchev–Trinajstić information content (AvgIpc) is 2.49. The van der Waals surface area contributed by atoms with E-state index in [9.17, 15) is 9.90 Å². The maximum atomic E-state index is 11.5. The van der Waals surface area contributed by atoms with Crippen LogP contribution in [0, 0.1) is 0 Å². The molecule has 0 fully saturated rings. The minimum absolute atomic E-state index is 0.0687. The number of anilines is 1. The normalized spacial score (nSPS) is 10.2. The van der Waals surface area contributed by atoms with E-state index < -0.39 is 0 Å². The summed E-state index contributed by atoms with van der Waals surface area (Å²) in [7, 11) is 0. The van der Waals surface area contributed by atoms with Crippen LogP contribution in [0.15, 0.2) is 42.5 Å². The Morgan fingerprint density at radius 1 is 1.24 bits per heavy atom. The Bertz CT molecular complexity index is 626. The smallest absolute Gasteiger partial charge is 0.338 e. The second kappa shape index (κ2) is 6.99. The highest BCUT2D eigenvalue weighted by Crippen LogP contribution is 2.24. The first-order valence-corrected chi connectivity index (χ1v) is 6.96. The zero-order valence-electron chi connectivity index (χ0n) is 11.6. The Kier molecular flexibility index (Phi) is 5.06. The second-order valence-electron chi connectivity index (χ2n) is 4.44. The predicted octanol–water partition coefficient (Wildman–Crippen LogP) is 3.83. The van der Waals surface area contributed by atoms with Gasteiger partial charge < -0.3 is 15.2 Å². The SMILES string of the molecule is CCOC(=O)c1ccc(NCc2ccc(O)c(Cl)c2)cc1. The molecule has 2 N–H and O–H groups in total. The number of hydrogen-bond donors (Lipinski definition) is 2. The number of phenols is 1. The summed E-state index contributed by atoms with van der Waals surface area (Å²) in [6, 6.07) is 12.1. The van der Waals surface area contributed by atoms with E-state index in [1.165, 1.54) is 0 Å². The highest BCUT2D eigenvalue weighted by molar-refractivity contribution is 6.32. The summed E-state index contributed by atoms with van der Waals surface area (Å²) in [6.45, 7) is 2.70. The predicted molar refractivity (Wildman–Crippen MR) is 82.8 cm³/mol. The molecule has 4 nitrogen and oxygen atoms in total. The van der Waals surface area contributed by atoms with Gasteiger partial charge in [-0.25, -0.2) is 4.79 Å². The van der Waals surface area contributed by atoms with Crippen LogP contribution in [-0.4, -0.2) is 17.7 Å². The lowest BCUT2D eigenvalue weighted by Gasteiger charge is -2.08. The monoisotopic (exact) mass is 305 g/mol. The Morgan fingerprint density at radius 3 is 2.57 bits per heavy atom. The van der Waals surface area contributed by atoms with Gasteiger partial charge in [0.2, 0.25) is 0 Å². The number of phenolic OH excluding ortho intramolecular Hbond substituents is 1. The summed E-state index contributed by atoms with van der Waals surface area (Å²) in [5.41, 5.74) is 2.36. The number of ether oxygens (including phenoxy) is 1. The van der Waals surface area contributed by atoms with E-state index >= 15 is 0 Å². The Morgan fingerprint density at radius 2 is 1.95 bits per heavy atom. The van der Waals surface area contributed by atoms with Gasteiger partial charge in [0, 0.05) is 12.2 Å². The largest absolute Gasteiger partial charge is 0.506 e. The van der Waals surface area contributed by atoms with Crippen molar-refractivity contribution in [2.75, 3.05) is 11.9 Å². The number of nitrogens with one attached hydrogen (secondary N) is 1. The van der Waals surface area contributed by atoms with E-state index in [-0.39, 0.29) is 11.7 Å². The second-order valence-corrected chi connectivity index (χ2v) is 4.84. The van der Waals surface area contributed by atoms with Gasteiger partial charge in [-0.2, -0.15) is 0 Å². The maximum absolute atomic E-state index is 11.5. The number of aromatic hydroxyl groups is 1. The Labute approximate surface area is 128 Å². The number of rotatable bonds is 5. The van der Waals surface area contributed by atoms with Crippen LogP contribution in [0.25, 0.3) is 0 Å². The summed E-state index contributed by atoms with van der Waals surface area (Å²) in [5.74, 6) is -0.256. The van der Waals surface area contributed by atoms with Crippen molar-refractivity contribution in [2.24, 2.45) is 0 Å². The number of carbonyl (C=O) groups excluding carboxylic acids is 1. The lowest BCUT2D eigenvalue weighted by atomic mass is 10.2. The molecule has 0 unspecified atom stereocenters. The van der Waals surface area contributed by atoms with Crippen LogP contribution in [0.2, 0.25) is 5.02 Å². The van der Waals surface area contributed by atoms with E-state index in [1.807, 2.05) is 12.1 Å². The first kappa shape index (κ1) is 15.2. The molecule has 0 heterocycles. The Hall–Kier alpha value is -2.20. The van der Waals surface area contributed by atoms with Crippen molar-refractivity contribution >= 4 is 23.3 Å². The van der Waals surface area contributed by atoms with Gasteiger partial charge in [-0.3, -0.25) is 0 Å². The fraction of sp³-hybridized carbons (Fsp3) is 0.188. The zero-order valence-corrected chi connectivity index (χ0v) is 12.4. The van der Waals surface area contributed by atoms with Gasteiger partial charge in [0.05, 0.1) is 17.2 Å². The fourth-order valence-corrected chi connectivity index (χ4v) is 2.01. The number of esters is 1. The first-order valence-electron chi connectivity index (χ1n) is 6.58. The van der Waals surface area contributed by atoms with Crippen molar-refractivity contribution in [1.29, 1.82) is 0 Å². The lowest BCUT2D eigenvalue weighted by Crippen LogP contribution is -2.05. The minimum atomic E-state index is -0.325. The molecule has 0 saturated heterocycles. The molecular formula is C16H16ClNO3. The van der Waals surface area contributed by atoms with Crippen LogP contribution in [0.4, 0.5) is 5.69 Å². The standard InChI is InChI=1S/C16H16ClNO3/c1-2-21-16(20)12-4-6-13(7-5-12)18-10-11-3-8-15(19)14(17)9-11/h3-9,18-19H,2,10H2,1H3. The molecule has 0 saturated carbocycles. The highest BCUT2D eigenvalue weighted by Gasteiger charge is 2.05. The van der Waals surface area contributed by atoms with Crippen LogP contribution in [-0.2, 0) is 11.3 Å². The van der Waals surface area contributed by atoms with E-state index in [4.69, 9.17) is 16.3 Å². The topological polar surface area (TPSA) is 58.6 Å². The zero-order chi connectivity index (χ0) is 15.2. The highest BCUT2D eigenvalue weighted by atomic mass is 35.5. The molecule has 0 aliphatic carbocycles. The average molecular weight is 306 g/mol. The molecule has 0 amide bonds. The number of carbonyl (C=O) groups is 1. The van der Waals surface area contributed by atoms with Crippen LogP contribution in [0.3, 0.4) is 0 Å². The van der Waals surface area contributed by atoms with E-state index in [1.54, 1.807) is 37.3 Å². The van der Waals surface area contributed by atoms with Gasteiger partial charge in [-0.1, -0.05) is 17.7 Å². The summed E-state index contributed by atoms with van der Waals surface area (Å²) < 4.78 is 4.92. The summed E-state index contributed by atoms with van der Waals surface area (Å²) in [5, 5.41) is 12.9. The lowest BCUT2D eigenvalue weighted by molar-refractivity contribution is 0.0526. The molecule has 0 atom stereocenters. The minimum Gasteiger partial charge on any atom is -0.506 e. The van der Waals surface area contributed by atoms with Crippen molar-refractivity contribution in [3.8, 4) is 5.75 Å². The van der Waals surface area contributed by atoms with Crippen LogP contribution in [0.5, 0.6) is 5.75 Å². The molecule has 110 valence electrons. The van der Waals surface area contributed by atoms with E-state index in [0.717, 1.165) is 11.3 Å². The van der Waals surface area contributed by atoms with Gasteiger partial charge in [-0.05, 0) is 48.9 Å². The molecule has 2 aromatic carbocycles. The Balaban J connectivity index is 1.97. The van der Waals surface area contributed by atoms with Crippen molar-refractivity contribution in [3.63, 3.8) is 0 Å². The van der Waals surface area contributed by atoms with Crippen LogP contribution in [0.1, 0.15) is 22.8 Å². The van der Waals surface area contributed by atoms with Gasteiger partial charge >= 0.3 is 5.97 Å². The summed E-state index contributed by atoms with van der Waals surface area (Å²) in [4.78, 5) is 11.5. The maximum Gasteiger partial charge on any atom is 0.338 e. The molecule has 2 aromatic rings. The molecule has 2 rings (SSSR count). The molecule has 0 aromatic heterocycles. The van der Waals surface area contributed by atoms with Crippen molar-refractivity contribution in [1.82, 2.24) is 0 Å². The van der Waals surface area contributed by atoms with Gasteiger partial charge in [0.15, 0.2) is 0 Å². The van der Waals surface area contributed by atoms with Crippen molar-refractivity contribution in [2.45, 2.75) is 13.5 Å². The number of halogens is 1. The molecular weight excluding hydrogens is 290 g/mol. The molecule has 21 heavy (non-hydrogen) atoms. The molecule has 0 aliphatic heterocycles.